The average Bonchev–Trinajstić information content (AvgIpc) is 2.13. The molecule has 0 saturated heterocycles. The first-order chi connectivity index (χ1) is 6.90. The lowest BCUT2D eigenvalue weighted by Crippen LogP contribution is -2.03. The lowest BCUT2D eigenvalue weighted by atomic mass is 10.2. The molecule has 0 amide bonds. The summed E-state index contributed by atoms with van der Waals surface area (Å²) in [6.45, 7) is 1.76. The van der Waals surface area contributed by atoms with Gasteiger partial charge in [0, 0.05) is 11.8 Å². The molecule has 1 rings (SSSR count). The van der Waals surface area contributed by atoms with E-state index in [1.54, 1.807) is 19.1 Å². The van der Waals surface area contributed by atoms with Crippen LogP contribution in [0.1, 0.15) is 11.3 Å². The summed E-state index contributed by atoms with van der Waals surface area (Å²) >= 11 is 0. The fraction of sp³-hybridized carbons (Fsp3) is 0.444. The van der Waals surface area contributed by atoms with Crippen molar-refractivity contribution in [3.8, 4) is 5.88 Å². The van der Waals surface area contributed by atoms with Crippen LogP contribution in [0, 0.1) is 6.92 Å². The monoisotopic (exact) mass is 233 g/mol. The van der Waals surface area contributed by atoms with Gasteiger partial charge in [-0.05, 0) is 25.0 Å². The Morgan fingerprint density at radius 2 is 2.13 bits per heavy atom. The van der Waals surface area contributed by atoms with Crippen LogP contribution in [-0.4, -0.2) is 26.3 Å². The molecule has 0 bridgehead atoms. The SMILES string of the molecule is COc1cc(CCS(=O)(=O)F)cc(C)n1. The molecule has 0 fully saturated rings. The van der Waals surface area contributed by atoms with Gasteiger partial charge in [0.25, 0.3) is 0 Å². The van der Waals surface area contributed by atoms with Crippen LogP contribution in [0.15, 0.2) is 12.1 Å². The number of nitrogens with zero attached hydrogens (tertiary/aromatic N) is 1. The van der Waals surface area contributed by atoms with Crippen LogP contribution in [0.3, 0.4) is 0 Å². The molecule has 0 aliphatic heterocycles. The normalized spacial score (nSPS) is 11.4. The fourth-order valence-electron chi connectivity index (χ4n) is 1.20. The summed E-state index contributed by atoms with van der Waals surface area (Å²) in [5.74, 6) is -0.110. The first kappa shape index (κ1) is 11.9. The van der Waals surface area contributed by atoms with E-state index in [-0.39, 0.29) is 6.42 Å². The molecule has 1 aromatic rings. The van der Waals surface area contributed by atoms with E-state index in [9.17, 15) is 12.3 Å². The van der Waals surface area contributed by atoms with Gasteiger partial charge in [0.1, 0.15) is 0 Å². The standard InChI is InChI=1S/C9H12FNO3S/c1-7-5-8(3-4-15(10,12)13)6-9(11-7)14-2/h5-6H,3-4H2,1-2H3. The third kappa shape index (κ3) is 4.24. The highest BCUT2D eigenvalue weighted by Crippen LogP contribution is 2.13. The predicted molar refractivity (Wildman–Crippen MR) is 54.1 cm³/mol. The van der Waals surface area contributed by atoms with Crippen LogP contribution in [0.25, 0.3) is 0 Å². The lowest BCUT2D eigenvalue weighted by molar-refractivity contribution is 0.396. The van der Waals surface area contributed by atoms with Gasteiger partial charge in [0.2, 0.25) is 5.88 Å². The quantitative estimate of drug-likeness (QED) is 0.734. The van der Waals surface area contributed by atoms with Gasteiger partial charge in [0.05, 0.1) is 12.9 Å². The number of hydrogen-bond acceptors (Lipinski definition) is 4. The van der Waals surface area contributed by atoms with Crippen LogP contribution in [-0.2, 0) is 16.6 Å². The van der Waals surface area contributed by atoms with Gasteiger partial charge in [-0.3, -0.25) is 0 Å². The molecule has 1 heterocycles. The molecule has 0 aliphatic carbocycles. The number of hydrogen-bond donors (Lipinski definition) is 0. The van der Waals surface area contributed by atoms with Crippen LogP contribution < -0.4 is 4.74 Å². The zero-order chi connectivity index (χ0) is 11.5. The number of pyridine rings is 1. The Bertz CT molecular complexity index is 445. The highest BCUT2D eigenvalue weighted by atomic mass is 32.3. The number of aryl methyl sites for hydroxylation is 2. The smallest absolute Gasteiger partial charge is 0.302 e. The van der Waals surface area contributed by atoms with Gasteiger partial charge in [-0.2, -0.15) is 8.42 Å². The maximum Gasteiger partial charge on any atom is 0.302 e. The van der Waals surface area contributed by atoms with Crippen LogP contribution in [0.4, 0.5) is 3.89 Å². The van der Waals surface area contributed by atoms with Crippen molar-refractivity contribution in [2.75, 3.05) is 12.9 Å². The minimum atomic E-state index is -4.42. The van der Waals surface area contributed by atoms with Crippen molar-refractivity contribution in [2.24, 2.45) is 0 Å². The zero-order valence-electron chi connectivity index (χ0n) is 8.53. The number of rotatable bonds is 4. The van der Waals surface area contributed by atoms with Crippen molar-refractivity contribution in [3.63, 3.8) is 0 Å². The highest BCUT2D eigenvalue weighted by molar-refractivity contribution is 7.86. The Balaban J connectivity index is 2.81. The van der Waals surface area contributed by atoms with Crippen molar-refractivity contribution in [1.29, 1.82) is 0 Å². The van der Waals surface area contributed by atoms with Gasteiger partial charge >= 0.3 is 10.2 Å². The Kier molecular flexibility index (Phi) is 3.62. The molecule has 0 aliphatic rings. The summed E-state index contributed by atoms with van der Waals surface area (Å²) in [6, 6.07) is 3.30. The Morgan fingerprint density at radius 3 is 2.67 bits per heavy atom. The molecular weight excluding hydrogens is 221 g/mol. The molecule has 0 N–H and O–H groups in total. The highest BCUT2D eigenvalue weighted by Gasteiger charge is 2.08. The molecule has 0 radical (unpaired) electrons. The Labute approximate surface area is 88.3 Å². The van der Waals surface area contributed by atoms with E-state index in [2.05, 4.69) is 4.98 Å². The van der Waals surface area contributed by atoms with Crippen LogP contribution in [0.5, 0.6) is 5.88 Å². The first-order valence-corrected chi connectivity index (χ1v) is 5.90. The van der Waals surface area contributed by atoms with Gasteiger partial charge in [0.15, 0.2) is 0 Å². The Hall–Kier alpha value is -1.17. The molecule has 4 nitrogen and oxygen atoms in total. The fourth-order valence-corrected chi connectivity index (χ4v) is 1.68. The van der Waals surface area contributed by atoms with Crippen molar-refractivity contribution >= 4 is 10.2 Å². The average molecular weight is 233 g/mol. The summed E-state index contributed by atoms with van der Waals surface area (Å²) < 4.78 is 37.9. The van der Waals surface area contributed by atoms with Crippen LogP contribution >= 0.6 is 0 Å². The van der Waals surface area contributed by atoms with Crippen molar-refractivity contribution in [1.82, 2.24) is 4.98 Å². The second kappa shape index (κ2) is 4.57. The molecule has 0 atom stereocenters. The predicted octanol–water partition coefficient (Wildman–Crippen LogP) is 1.24. The van der Waals surface area contributed by atoms with E-state index in [1.165, 1.54) is 7.11 Å². The minimum absolute atomic E-state index is 0.124. The third-order valence-electron chi connectivity index (χ3n) is 1.83. The molecule has 0 spiro atoms. The minimum Gasteiger partial charge on any atom is -0.481 e. The van der Waals surface area contributed by atoms with Gasteiger partial charge in [-0.1, -0.05) is 0 Å². The topological polar surface area (TPSA) is 56.3 Å². The number of aromatic nitrogens is 1. The molecule has 0 saturated carbocycles. The van der Waals surface area contributed by atoms with Gasteiger partial charge < -0.3 is 4.74 Å². The van der Waals surface area contributed by atoms with E-state index < -0.39 is 16.0 Å². The molecular formula is C9H12FNO3S. The zero-order valence-corrected chi connectivity index (χ0v) is 9.34. The van der Waals surface area contributed by atoms with E-state index in [0.717, 1.165) is 0 Å². The van der Waals surface area contributed by atoms with Crippen LogP contribution in [0.2, 0.25) is 0 Å². The molecule has 84 valence electrons. The van der Waals surface area contributed by atoms with E-state index in [4.69, 9.17) is 4.74 Å². The number of methoxy groups -OCH3 is 1. The van der Waals surface area contributed by atoms with Gasteiger partial charge in [-0.15, -0.1) is 3.89 Å². The maximum atomic E-state index is 12.3. The summed E-state index contributed by atoms with van der Waals surface area (Å²) in [4.78, 5) is 4.03. The molecule has 0 unspecified atom stereocenters. The van der Waals surface area contributed by atoms with E-state index in [1.807, 2.05) is 0 Å². The third-order valence-corrected chi connectivity index (χ3v) is 2.53. The summed E-state index contributed by atoms with van der Waals surface area (Å²) in [5, 5.41) is 0. The number of ether oxygens (including phenoxy) is 1. The van der Waals surface area contributed by atoms with Gasteiger partial charge in [-0.25, -0.2) is 4.98 Å². The second-order valence-corrected chi connectivity index (χ2v) is 4.64. The van der Waals surface area contributed by atoms with Crippen molar-refractivity contribution in [2.45, 2.75) is 13.3 Å². The van der Waals surface area contributed by atoms with E-state index >= 15 is 0 Å². The van der Waals surface area contributed by atoms with Crippen molar-refractivity contribution < 1.29 is 17.0 Å². The molecule has 0 aromatic carbocycles. The summed E-state index contributed by atoms with van der Waals surface area (Å²) in [5.41, 5.74) is 1.40. The van der Waals surface area contributed by atoms with E-state index in [0.29, 0.717) is 17.1 Å². The van der Waals surface area contributed by atoms with Crippen molar-refractivity contribution in [3.05, 3.63) is 23.4 Å². The Morgan fingerprint density at radius 1 is 1.47 bits per heavy atom. The molecule has 6 heteroatoms. The summed E-state index contributed by atoms with van der Waals surface area (Å²) in [7, 11) is -2.95. The molecule has 1 aromatic heterocycles. The number of halogens is 1. The summed E-state index contributed by atoms with van der Waals surface area (Å²) in [6.07, 6.45) is 0.124. The molecule has 15 heavy (non-hydrogen) atoms. The maximum absolute atomic E-state index is 12.3. The lowest BCUT2D eigenvalue weighted by Gasteiger charge is -2.04. The second-order valence-electron chi connectivity index (χ2n) is 3.15. The first-order valence-electron chi connectivity index (χ1n) is 4.34. The largest absolute Gasteiger partial charge is 0.481 e.